The maximum Gasteiger partial charge on any atom is 0.281 e. The van der Waals surface area contributed by atoms with Crippen molar-refractivity contribution in [1.82, 2.24) is 24.8 Å². The predicted octanol–water partition coefficient (Wildman–Crippen LogP) is 0.998. The van der Waals surface area contributed by atoms with Crippen molar-refractivity contribution in [3.05, 3.63) is 39.3 Å². The van der Waals surface area contributed by atoms with E-state index in [9.17, 15) is 4.79 Å². The van der Waals surface area contributed by atoms with Crippen molar-refractivity contribution in [2.75, 3.05) is 13.2 Å². The first-order valence-electron chi connectivity index (χ1n) is 6.97. The van der Waals surface area contributed by atoms with Crippen molar-refractivity contribution < 1.29 is 9.47 Å². The van der Waals surface area contributed by atoms with E-state index in [-0.39, 0.29) is 12.1 Å². The third kappa shape index (κ3) is 2.31. The summed E-state index contributed by atoms with van der Waals surface area (Å²) in [5, 5.41) is 12.9. The van der Waals surface area contributed by atoms with Crippen LogP contribution >= 0.6 is 11.6 Å². The SMILES string of the molecule is Cn1ncc2c(=O)n(Cc3cc4c(cc3Cl)OCCO4)nnc21. The van der Waals surface area contributed by atoms with Crippen molar-refractivity contribution in [2.45, 2.75) is 6.54 Å². The van der Waals surface area contributed by atoms with Crippen LogP contribution in [0.2, 0.25) is 5.02 Å². The summed E-state index contributed by atoms with van der Waals surface area (Å²) in [4.78, 5) is 12.5. The molecule has 0 unspecified atom stereocenters. The molecule has 0 atom stereocenters. The van der Waals surface area contributed by atoms with Gasteiger partial charge in [-0.05, 0) is 11.6 Å². The Labute approximate surface area is 135 Å². The quantitative estimate of drug-likeness (QED) is 0.695. The highest BCUT2D eigenvalue weighted by Gasteiger charge is 2.17. The minimum Gasteiger partial charge on any atom is -0.486 e. The summed E-state index contributed by atoms with van der Waals surface area (Å²) in [7, 11) is 1.71. The number of aryl methyl sites for hydroxylation is 1. The number of aromatic nitrogens is 5. The molecule has 23 heavy (non-hydrogen) atoms. The molecule has 3 heterocycles. The molecule has 0 radical (unpaired) electrons. The highest BCUT2D eigenvalue weighted by atomic mass is 35.5. The zero-order chi connectivity index (χ0) is 16.0. The third-order valence-electron chi connectivity index (χ3n) is 3.65. The van der Waals surface area contributed by atoms with Gasteiger partial charge in [0.25, 0.3) is 5.56 Å². The number of benzene rings is 1. The molecule has 0 spiro atoms. The van der Waals surface area contributed by atoms with Crippen LogP contribution in [0.25, 0.3) is 11.0 Å². The van der Waals surface area contributed by atoms with Gasteiger partial charge in [0.05, 0.1) is 12.7 Å². The van der Waals surface area contributed by atoms with Crippen LogP contribution in [-0.2, 0) is 13.6 Å². The molecule has 2 aromatic heterocycles. The number of hydrogen-bond donors (Lipinski definition) is 0. The van der Waals surface area contributed by atoms with Crippen LogP contribution in [0.4, 0.5) is 0 Å². The minimum absolute atomic E-state index is 0.187. The molecule has 1 aliphatic rings. The monoisotopic (exact) mass is 333 g/mol. The molecule has 1 aliphatic heterocycles. The summed E-state index contributed by atoms with van der Waals surface area (Å²) < 4.78 is 13.8. The summed E-state index contributed by atoms with van der Waals surface area (Å²) in [5.74, 6) is 1.21. The van der Waals surface area contributed by atoms with Gasteiger partial charge in [-0.15, -0.1) is 5.10 Å². The van der Waals surface area contributed by atoms with Crippen LogP contribution in [0.1, 0.15) is 5.56 Å². The zero-order valence-electron chi connectivity index (χ0n) is 12.2. The van der Waals surface area contributed by atoms with E-state index in [1.165, 1.54) is 15.6 Å². The molecule has 118 valence electrons. The largest absolute Gasteiger partial charge is 0.486 e. The second-order valence-corrected chi connectivity index (χ2v) is 5.55. The number of ether oxygens (including phenoxy) is 2. The Balaban J connectivity index is 1.76. The van der Waals surface area contributed by atoms with Gasteiger partial charge in [-0.3, -0.25) is 4.79 Å². The molecule has 0 amide bonds. The number of halogens is 1. The topological polar surface area (TPSA) is 84.1 Å². The average Bonchev–Trinajstić information content (AvgIpc) is 2.92. The summed E-state index contributed by atoms with van der Waals surface area (Å²) in [6.45, 7) is 1.16. The molecular formula is C14H12ClN5O3. The Kier molecular flexibility index (Phi) is 3.19. The molecule has 0 saturated carbocycles. The fourth-order valence-electron chi connectivity index (χ4n) is 2.47. The molecule has 3 aromatic rings. The Morgan fingerprint density at radius 1 is 1.26 bits per heavy atom. The Morgan fingerprint density at radius 2 is 2.00 bits per heavy atom. The van der Waals surface area contributed by atoms with Crippen LogP contribution in [0.5, 0.6) is 11.5 Å². The fourth-order valence-corrected chi connectivity index (χ4v) is 2.68. The van der Waals surface area contributed by atoms with Gasteiger partial charge in [0.15, 0.2) is 17.1 Å². The van der Waals surface area contributed by atoms with Crippen molar-refractivity contribution >= 4 is 22.6 Å². The predicted molar refractivity (Wildman–Crippen MR) is 82.1 cm³/mol. The Hall–Kier alpha value is -2.61. The van der Waals surface area contributed by atoms with E-state index in [4.69, 9.17) is 21.1 Å². The summed E-state index contributed by atoms with van der Waals surface area (Å²) in [6.07, 6.45) is 1.48. The van der Waals surface area contributed by atoms with E-state index >= 15 is 0 Å². The fraction of sp³-hybridized carbons (Fsp3) is 0.286. The van der Waals surface area contributed by atoms with E-state index in [2.05, 4.69) is 15.4 Å². The van der Waals surface area contributed by atoms with Gasteiger partial charge < -0.3 is 9.47 Å². The first kappa shape index (κ1) is 14.0. The Morgan fingerprint density at radius 3 is 2.78 bits per heavy atom. The lowest BCUT2D eigenvalue weighted by Crippen LogP contribution is -2.25. The Bertz CT molecular complexity index is 965. The average molecular weight is 334 g/mol. The molecule has 0 saturated heterocycles. The van der Waals surface area contributed by atoms with Crippen LogP contribution in [0.15, 0.2) is 23.1 Å². The maximum atomic E-state index is 12.5. The standard InChI is InChI=1S/C14H12ClN5O3/c1-19-13-9(6-16-19)14(21)20(18-17-13)7-8-4-11-12(5-10(8)15)23-3-2-22-11/h4-6H,2-3,7H2,1H3. The van der Waals surface area contributed by atoms with Crippen LogP contribution in [0.3, 0.4) is 0 Å². The molecule has 1 aromatic carbocycles. The highest BCUT2D eigenvalue weighted by molar-refractivity contribution is 6.31. The molecule has 0 aliphatic carbocycles. The van der Waals surface area contributed by atoms with Gasteiger partial charge in [-0.2, -0.15) is 5.10 Å². The van der Waals surface area contributed by atoms with Gasteiger partial charge in [-0.25, -0.2) is 9.36 Å². The summed E-state index contributed by atoms with van der Waals surface area (Å²) in [5.41, 5.74) is 0.879. The van der Waals surface area contributed by atoms with Crippen LogP contribution in [0, 0.1) is 0 Å². The van der Waals surface area contributed by atoms with E-state index in [0.717, 1.165) is 0 Å². The highest BCUT2D eigenvalue weighted by Crippen LogP contribution is 2.35. The van der Waals surface area contributed by atoms with Crippen molar-refractivity contribution in [2.24, 2.45) is 7.05 Å². The van der Waals surface area contributed by atoms with Gasteiger partial charge in [0, 0.05) is 18.1 Å². The van der Waals surface area contributed by atoms with E-state index in [1.807, 2.05) is 0 Å². The third-order valence-corrected chi connectivity index (χ3v) is 4.00. The van der Waals surface area contributed by atoms with Crippen LogP contribution < -0.4 is 15.0 Å². The zero-order valence-corrected chi connectivity index (χ0v) is 12.9. The molecule has 9 heteroatoms. The molecular weight excluding hydrogens is 322 g/mol. The molecule has 0 N–H and O–H groups in total. The number of hydrogen-bond acceptors (Lipinski definition) is 6. The van der Waals surface area contributed by atoms with Gasteiger partial charge in [0.1, 0.15) is 18.6 Å². The maximum absolute atomic E-state index is 12.5. The van der Waals surface area contributed by atoms with Crippen molar-refractivity contribution in [3.63, 3.8) is 0 Å². The van der Waals surface area contributed by atoms with E-state index in [1.54, 1.807) is 19.2 Å². The molecule has 4 rings (SSSR count). The molecule has 0 bridgehead atoms. The molecule has 0 fully saturated rings. The smallest absolute Gasteiger partial charge is 0.281 e. The number of fused-ring (bicyclic) bond motifs is 2. The number of rotatable bonds is 2. The van der Waals surface area contributed by atoms with Gasteiger partial charge >= 0.3 is 0 Å². The van der Waals surface area contributed by atoms with Gasteiger partial charge in [-0.1, -0.05) is 16.8 Å². The first-order chi connectivity index (χ1) is 11.1. The van der Waals surface area contributed by atoms with Crippen LogP contribution in [-0.4, -0.2) is 38.0 Å². The van der Waals surface area contributed by atoms with E-state index < -0.39 is 0 Å². The van der Waals surface area contributed by atoms with Gasteiger partial charge in [0.2, 0.25) is 0 Å². The van der Waals surface area contributed by atoms with E-state index in [0.29, 0.717) is 46.3 Å². The lowest BCUT2D eigenvalue weighted by molar-refractivity contribution is 0.171. The summed E-state index contributed by atoms with van der Waals surface area (Å²) in [6, 6.07) is 3.45. The second kappa shape index (κ2) is 5.24. The minimum atomic E-state index is -0.269. The first-order valence-corrected chi connectivity index (χ1v) is 7.35. The number of nitrogens with zero attached hydrogens (tertiary/aromatic N) is 5. The van der Waals surface area contributed by atoms with Crippen molar-refractivity contribution in [3.8, 4) is 11.5 Å². The van der Waals surface area contributed by atoms with Crippen molar-refractivity contribution in [1.29, 1.82) is 0 Å². The molecule has 8 nitrogen and oxygen atoms in total. The normalized spacial score (nSPS) is 13.5. The summed E-state index contributed by atoms with van der Waals surface area (Å²) >= 11 is 6.27. The second-order valence-electron chi connectivity index (χ2n) is 5.14. The lowest BCUT2D eigenvalue weighted by Gasteiger charge is -2.19. The lowest BCUT2D eigenvalue weighted by atomic mass is 10.2.